The van der Waals surface area contributed by atoms with Crippen molar-refractivity contribution in [3.8, 4) is 0 Å². The number of ether oxygens (including phenoxy) is 2. The fourth-order valence-electron chi connectivity index (χ4n) is 1.83. The normalized spacial score (nSPS) is 27.9. The topological polar surface area (TPSA) is 67.8 Å². The third-order valence-corrected chi connectivity index (χ3v) is 2.58. The quantitative estimate of drug-likeness (QED) is 0.755. The van der Waals surface area contributed by atoms with Gasteiger partial charge in [0.25, 0.3) is 0 Å². The van der Waals surface area contributed by atoms with Crippen LogP contribution in [-0.2, 0) is 9.47 Å². The predicted octanol–water partition coefficient (Wildman–Crippen LogP) is 1.95. The first kappa shape index (κ1) is 15.0. The zero-order valence-electron chi connectivity index (χ0n) is 11.4. The Morgan fingerprint density at radius 1 is 1.67 bits per heavy atom. The van der Waals surface area contributed by atoms with Crippen LogP contribution in [0, 0.1) is 0 Å². The Kier molecular flexibility index (Phi) is 4.76. The van der Waals surface area contributed by atoms with Crippen LogP contribution in [0.25, 0.3) is 0 Å². The lowest BCUT2D eigenvalue weighted by molar-refractivity contribution is -0.174. The number of nitrogens with one attached hydrogen (secondary N) is 1. The van der Waals surface area contributed by atoms with E-state index in [9.17, 15) is 9.90 Å². The van der Waals surface area contributed by atoms with Crippen LogP contribution < -0.4 is 5.32 Å². The second-order valence-electron chi connectivity index (χ2n) is 5.63. The number of amides is 1. The van der Waals surface area contributed by atoms with Gasteiger partial charge in [0.05, 0.1) is 12.6 Å². The molecule has 1 saturated heterocycles. The first-order chi connectivity index (χ1) is 8.24. The van der Waals surface area contributed by atoms with Gasteiger partial charge in [-0.25, -0.2) is 4.79 Å². The van der Waals surface area contributed by atoms with Gasteiger partial charge in [-0.15, -0.1) is 6.58 Å². The first-order valence-electron chi connectivity index (χ1n) is 6.21. The van der Waals surface area contributed by atoms with Crippen molar-refractivity contribution in [3.05, 3.63) is 12.7 Å². The van der Waals surface area contributed by atoms with Gasteiger partial charge in [0.1, 0.15) is 5.60 Å². The highest BCUT2D eigenvalue weighted by Crippen LogP contribution is 2.28. The Hall–Kier alpha value is -1.07. The highest BCUT2D eigenvalue weighted by Gasteiger charge is 2.38. The van der Waals surface area contributed by atoms with Crippen molar-refractivity contribution in [2.45, 2.75) is 57.5 Å². The summed E-state index contributed by atoms with van der Waals surface area (Å²) in [5.74, 6) is -1.16. The summed E-state index contributed by atoms with van der Waals surface area (Å²) in [6.45, 7) is 9.31. The van der Waals surface area contributed by atoms with Crippen LogP contribution >= 0.6 is 0 Å². The molecule has 5 heteroatoms. The molecule has 1 rings (SSSR count). The molecule has 1 amide bonds. The monoisotopic (exact) mass is 257 g/mol. The summed E-state index contributed by atoms with van der Waals surface area (Å²) < 4.78 is 10.5. The average Bonchev–Trinajstić information content (AvgIpc) is 2.55. The van der Waals surface area contributed by atoms with E-state index < -0.39 is 17.5 Å². The van der Waals surface area contributed by atoms with Gasteiger partial charge in [-0.1, -0.05) is 6.08 Å². The Morgan fingerprint density at radius 2 is 2.33 bits per heavy atom. The SMILES string of the molecule is C=CCCC1(O)C[C@H](NC(=O)OC(C)(C)C)CO1. The van der Waals surface area contributed by atoms with Gasteiger partial charge in [0.15, 0.2) is 5.79 Å². The van der Waals surface area contributed by atoms with Crippen molar-refractivity contribution in [2.75, 3.05) is 6.61 Å². The number of rotatable bonds is 4. The van der Waals surface area contributed by atoms with E-state index in [1.165, 1.54) is 0 Å². The molecule has 0 aromatic heterocycles. The second kappa shape index (κ2) is 5.71. The highest BCUT2D eigenvalue weighted by atomic mass is 16.6. The summed E-state index contributed by atoms with van der Waals surface area (Å²) in [4.78, 5) is 11.6. The summed E-state index contributed by atoms with van der Waals surface area (Å²) in [5, 5.41) is 12.8. The molecule has 1 aliphatic rings. The van der Waals surface area contributed by atoms with Gasteiger partial charge in [0.2, 0.25) is 0 Å². The average molecular weight is 257 g/mol. The molecule has 18 heavy (non-hydrogen) atoms. The molecule has 0 aromatic rings. The van der Waals surface area contributed by atoms with Gasteiger partial charge in [-0.2, -0.15) is 0 Å². The second-order valence-corrected chi connectivity index (χ2v) is 5.63. The number of hydrogen-bond acceptors (Lipinski definition) is 4. The van der Waals surface area contributed by atoms with Crippen molar-refractivity contribution in [1.29, 1.82) is 0 Å². The summed E-state index contributed by atoms with van der Waals surface area (Å²) >= 11 is 0. The minimum absolute atomic E-state index is 0.213. The number of hydrogen-bond donors (Lipinski definition) is 2. The van der Waals surface area contributed by atoms with Crippen LogP contribution in [0.4, 0.5) is 4.79 Å². The van der Waals surface area contributed by atoms with Crippen LogP contribution in [0.15, 0.2) is 12.7 Å². The molecule has 0 aromatic carbocycles. The lowest BCUT2D eigenvalue weighted by Crippen LogP contribution is -2.40. The molecule has 5 nitrogen and oxygen atoms in total. The fourth-order valence-corrected chi connectivity index (χ4v) is 1.83. The summed E-state index contributed by atoms with van der Waals surface area (Å²) in [7, 11) is 0. The van der Waals surface area contributed by atoms with E-state index in [0.29, 0.717) is 25.9 Å². The maximum absolute atomic E-state index is 11.6. The molecule has 1 unspecified atom stereocenters. The van der Waals surface area contributed by atoms with Crippen LogP contribution in [-0.4, -0.2) is 35.2 Å². The maximum atomic E-state index is 11.6. The van der Waals surface area contributed by atoms with Crippen molar-refractivity contribution in [1.82, 2.24) is 5.32 Å². The van der Waals surface area contributed by atoms with E-state index in [-0.39, 0.29) is 6.04 Å². The van der Waals surface area contributed by atoms with E-state index in [1.54, 1.807) is 26.8 Å². The van der Waals surface area contributed by atoms with E-state index in [1.807, 2.05) is 0 Å². The van der Waals surface area contributed by atoms with E-state index in [2.05, 4.69) is 11.9 Å². The molecule has 1 aliphatic heterocycles. The van der Waals surface area contributed by atoms with Crippen molar-refractivity contribution < 1.29 is 19.4 Å². The minimum atomic E-state index is -1.16. The lowest BCUT2D eigenvalue weighted by atomic mass is 10.1. The molecule has 2 N–H and O–H groups in total. The molecule has 0 aliphatic carbocycles. The van der Waals surface area contributed by atoms with Gasteiger partial charge >= 0.3 is 6.09 Å². The molecule has 0 bridgehead atoms. The summed E-state index contributed by atoms with van der Waals surface area (Å²) in [6, 6.07) is -0.213. The third-order valence-electron chi connectivity index (χ3n) is 2.58. The number of carbonyl (C=O) groups excluding carboxylic acids is 1. The number of allylic oxidation sites excluding steroid dienone is 1. The van der Waals surface area contributed by atoms with Gasteiger partial charge in [-0.3, -0.25) is 0 Å². The number of alkyl carbamates (subject to hydrolysis) is 1. The molecule has 1 fully saturated rings. The predicted molar refractivity (Wildman–Crippen MR) is 68.1 cm³/mol. The van der Waals surface area contributed by atoms with E-state index in [4.69, 9.17) is 9.47 Å². The van der Waals surface area contributed by atoms with Crippen LogP contribution in [0.1, 0.15) is 40.0 Å². The zero-order valence-corrected chi connectivity index (χ0v) is 11.4. The molecule has 0 spiro atoms. The molecule has 1 heterocycles. The molecular weight excluding hydrogens is 234 g/mol. The summed E-state index contributed by atoms with van der Waals surface area (Å²) in [5.41, 5.74) is -0.525. The standard InChI is InChI=1S/C13H23NO4/c1-5-6-7-13(16)8-10(9-17-13)14-11(15)18-12(2,3)4/h5,10,16H,1,6-9H2,2-4H3,(H,14,15)/t10-,13?/m0/s1. The number of carbonyl (C=O) groups is 1. The van der Waals surface area contributed by atoms with Gasteiger partial charge in [0, 0.05) is 12.8 Å². The van der Waals surface area contributed by atoms with Crippen LogP contribution in [0.2, 0.25) is 0 Å². The van der Waals surface area contributed by atoms with Gasteiger partial charge in [-0.05, 0) is 27.2 Å². The van der Waals surface area contributed by atoms with Crippen molar-refractivity contribution >= 4 is 6.09 Å². The Labute approximate surface area is 108 Å². The Bertz CT molecular complexity index is 311. The minimum Gasteiger partial charge on any atom is -0.444 e. The number of aliphatic hydroxyl groups is 1. The smallest absolute Gasteiger partial charge is 0.407 e. The van der Waals surface area contributed by atoms with E-state index in [0.717, 1.165) is 0 Å². The fraction of sp³-hybridized carbons (Fsp3) is 0.769. The summed E-state index contributed by atoms with van der Waals surface area (Å²) in [6.07, 6.45) is 2.79. The van der Waals surface area contributed by atoms with Gasteiger partial charge < -0.3 is 19.9 Å². The Morgan fingerprint density at radius 3 is 2.89 bits per heavy atom. The first-order valence-corrected chi connectivity index (χ1v) is 6.21. The molecular formula is C13H23NO4. The van der Waals surface area contributed by atoms with Crippen molar-refractivity contribution in [3.63, 3.8) is 0 Å². The van der Waals surface area contributed by atoms with Crippen LogP contribution in [0.3, 0.4) is 0 Å². The van der Waals surface area contributed by atoms with E-state index >= 15 is 0 Å². The molecule has 104 valence electrons. The largest absolute Gasteiger partial charge is 0.444 e. The Balaban J connectivity index is 2.38. The maximum Gasteiger partial charge on any atom is 0.407 e. The molecule has 0 saturated carbocycles. The molecule has 0 radical (unpaired) electrons. The van der Waals surface area contributed by atoms with Crippen LogP contribution in [0.5, 0.6) is 0 Å². The third kappa shape index (κ3) is 5.06. The van der Waals surface area contributed by atoms with Crippen molar-refractivity contribution in [2.24, 2.45) is 0 Å². The molecule has 2 atom stereocenters. The zero-order chi connectivity index (χ0) is 13.8. The lowest BCUT2D eigenvalue weighted by Gasteiger charge is -2.22. The highest BCUT2D eigenvalue weighted by molar-refractivity contribution is 5.68.